The Balaban J connectivity index is 1.68. The standard InChI is InChI=1S/C28H32N2O5S2/c1-18-12-20(9-11-26(31)32)8-10-23(18)15-35-25-14-22-7-5-6-21(22)13-24(25)30(17-28(3,4)33)37(34)27-29-19(2)16-36-27/h8-14,16,33H,5-7,15,17H2,1-4H3,(H,31,32)/b11-9+. The zero-order valence-corrected chi connectivity index (χ0v) is 23.1. The van der Waals surface area contributed by atoms with Crippen molar-refractivity contribution in [2.75, 3.05) is 10.8 Å². The predicted octanol–water partition coefficient (Wildman–Crippen LogP) is 5.23. The number of hydrogen-bond donors (Lipinski definition) is 2. The molecule has 0 spiro atoms. The molecule has 0 bridgehead atoms. The minimum Gasteiger partial charge on any atom is -0.487 e. The maximum Gasteiger partial charge on any atom is 0.328 e. The van der Waals surface area contributed by atoms with Crippen molar-refractivity contribution in [1.82, 2.24) is 4.98 Å². The molecule has 2 aromatic carbocycles. The number of aliphatic hydroxyl groups is 1. The first-order valence-electron chi connectivity index (χ1n) is 12.1. The first kappa shape index (κ1) is 27.0. The van der Waals surface area contributed by atoms with Crippen LogP contribution in [0.2, 0.25) is 0 Å². The Bertz CT molecular complexity index is 1360. The number of aromatic nitrogens is 1. The van der Waals surface area contributed by atoms with Gasteiger partial charge in [-0.1, -0.05) is 18.2 Å². The Morgan fingerprint density at radius 2 is 1.95 bits per heavy atom. The lowest BCUT2D eigenvalue weighted by Gasteiger charge is -2.30. The summed E-state index contributed by atoms with van der Waals surface area (Å²) in [6.45, 7) is 7.65. The fraction of sp³-hybridized carbons (Fsp3) is 0.357. The summed E-state index contributed by atoms with van der Waals surface area (Å²) in [7, 11) is -1.62. The second-order valence-corrected chi connectivity index (χ2v) is 12.4. The number of anilines is 1. The first-order chi connectivity index (χ1) is 17.5. The van der Waals surface area contributed by atoms with E-state index in [4.69, 9.17) is 9.84 Å². The minimum atomic E-state index is -1.62. The average Bonchev–Trinajstić information content (AvgIpc) is 3.47. The van der Waals surface area contributed by atoms with E-state index in [2.05, 4.69) is 11.1 Å². The lowest BCUT2D eigenvalue weighted by molar-refractivity contribution is -0.131. The number of ether oxygens (including phenoxy) is 1. The quantitative estimate of drug-likeness (QED) is 0.342. The van der Waals surface area contributed by atoms with Gasteiger partial charge in [-0.2, -0.15) is 0 Å². The van der Waals surface area contributed by atoms with Crippen molar-refractivity contribution in [2.45, 2.75) is 63.5 Å². The number of hydrogen-bond acceptors (Lipinski definition) is 6. The lowest BCUT2D eigenvalue weighted by Crippen LogP contribution is -2.40. The zero-order valence-electron chi connectivity index (χ0n) is 21.5. The molecule has 3 aromatic rings. The van der Waals surface area contributed by atoms with E-state index in [0.29, 0.717) is 22.4 Å². The molecule has 0 radical (unpaired) electrons. The normalized spacial score (nSPS) is 14.1. The lowest BCUT2D eigenvalue weighted by atomic mass is 10.0. The van der Waals surface area contributed by atoms with Crippen molar-refractivity contribution in [2.24, 2.45) is 0 Å². The van der Waals surface area contributed by atoms with Gasteiger partial charge in [0.25, 0.3) is 0 Å². The molecule has 4 rings (SSSR count). The van der Waals surface area contributed by atoms with E-state index < -0.39 is 22.6 Å². The maximum atomic E-state index is 13.7. The summed E-state index contributed by atoms with van der Waals surface area (Å²) in [5, 5.41) is 21.5. The van der Waals surface area contributed by atoms with Gasteiger partial charge in [0.2, 0.25) is 4.34 Å². The van der Waals surface area contributed by atoms with Crippen molar-refractivity contribution in [3.63, 3.8) is 0 Å². The molecule has 0 saturated carbocycles. The van der Waals surface area contributed by atoms with Crippen molar-refractivity contribution in [1.29, 1.82) is 0 Å². The molecule has 0 aliphatic heterocycles. The van der Waals surface area contributed by atoms with E-state index in [1.165, 1.54) is 22.5 Å². The van der Waals surface area contributed by atoms with E-state index >= 15 is 0 Å². The largest absolute Gasteiger partial charge is 0.487 e. The van der Waals surface area contributed by atoms with E-state index in [1.807, 2.05) is 43.5 Å². The highest BCUT2D eigenvalue weighted by molar-refractivity contribution is 7.88. The summed E-state index contributed by atoms with van der Waals surface area (Å²) in [6.07, 6.45) is 5.65. The number of aryl methyl sites for hydroxylation is 4. The molecule has 0 fully saturated rings. The fourth-order valence-electron chi connectivity index (χ4n) is 4.30. The Hall–Kier alpha value is -3.01. The summed E-state index contributed by atoms with van der Waals surface area (Å²) in [6, 6.07) is 9.79. The van der Waals surface area contributed by atoms with Crippen LogP contribution in [0.3, 0.4) is 0 Å². The van der Waals surface area contributed by atoms with Crippen LogP contribution in [0.15, 0.2) is 46.1 Å². The molecule has 7 nitrogen and oxygen atoms in total. The molecule has 1 aliphatic carbocycles. The summed E-state index contributed by atoms with van der Waals surface area (Å²) in [5.74, 6) is -0.379. The number of aliphatic carboxylic acids is 1. The van der Waals surface area contributed by atoms with Gasteiger partial charge in [0.05, 0.1) is 17.8 Å². The average molecular weight is 541 g/mol. The predicted molar refractivity (Wildman–Crippen MR) is 148 cm³/mol. The smallest absolute Gasteiger partial charge is 0.328 e. The molecule has 1 atom stereocenters. The molecule has 9 heteroatoms. The van der Waals surface area contributed by atoms with Crippen LogP contribution in [0.1, 0.15) is 53.8 Å². The molecule has 2 N–H and O–H groups in total. The van der Waals surface area contributed by atoms with E-state index in [9.17, 15) is 14.1 Å². The Labute approximate surface area is 224 Å². The minimum absolute atomic E-state index is 0.136. The molecule has 1 heterocycles. The van der Waals surface area contributed by atoms with Gasteiger partial charge >= 0.3 is 5.97 Å². The molecule has 1 unspecified atom stereocenters. The van der Waals surface area contributed by atoms with Crippen LogP contribution in [0, 0.1) is 13.8 Å². The number of benzene rings is 2. The number of rotatable bonds is 10. The van der Waals surface area contributed by atoms with Gasteiger partial charge in [-0.3, -0.25) is 4.31 Å². The van der Waals surface area contributed by atoms with Crippen LogP contribution >= 0.6 is 11.3 Å². The van der Waals surface area contributed by atoms with Gasteiger partial charge < -0.3 is 14.9 Å². The summed E-state index contributed by atoms with van der Waals surface area (Å²) in [4.78, 5) is 15.3. The highest BCUT2D eigenvalue weighted by Crippen LogP contribution is 2.39. The summed E-state index contributed by atoms with van der Waals surface area (Å²) in [5.41, 5.74) is 5.55. The van der Waals surface area contributed by atoms with E-state index in [1.54, 1.807) is 24.2 Å². The van der Waals surface area contributed by atoms with Gasteiger partial charge in [0.15, 0.2) is 11.0 Å². The Morgan fingerprint density at radius 3 is 2.57 bits per heavy atom. The SMILES string of the molecule is Cc1csc(S(=O)N(CC(C)(C)O)c2cc3c(cc2OCc2ccc(/C=C/C(=O)O)cc2C)CCC3)n1. The second kappa shape index (κ2) is 11.2. The molecule has 0 saturated heterocycles. The zero-order chi connectivity index (χ0) is 26.7. The van der Waals surface area contributed by atoms with Gasteiger partial charge in [-0.25, -0.2) is 14.0 Å². The third-order valence-corrected chi connectivity index (χ3v) is 8.67. The van der Waals surface area contributed by atoms with Crippen molar-refractivity contribution in [3.05, 3.63) is 75.3 Å². The summed E-state index contributed by atoms with van der Waals surface area (Å²) < 4.78 is 22.3. The first-order valence-corrected chi connectivity index (χ1v) is 14.1. The van der Waals surface area contributed by atoms with Crippen LogP contribution in [0.4, 0.5) is 5.69 Å². The van der Waals surface area contributed by atoms with E-state index in [0.717, 1.165) is 47.7 Å². The van der Waals surface area contributed by atoms with Crippen molar-refractivity contribution < 1.29 is 24.0 Å². The van der Waals surface area contributed by atoms with Crippen LogP contribution in [-0.2, 0) is 35.2 Å². The van der Waals surface area contributed by atoms with Gasteiger partial charge in [0, 0.05) is 17.2 Å². The van der Waals surface area contributed by atoms with Crippen LogP contribution in [0.25, 0.3) is 6.08 Å². The molecule has 196 valence electrons. The highest BCUT2D eigenvalue weighted by Gasteiger charge is 2.29. The van der Waals surface area contributed by atoms with Crippen LogP contribution in [-0.4, -0.2) is 37.5 Å². The second-order valence-electron chi connectivity index (χ2n) is 9.94. The Kier molecular flexibility index (Phi) is 8.16. The van der Waals surface area contributed by atoms with Crippen LogP contribution in [0.5, 0.6) is 5.75 Å². The van der Waals surface area contributed by atoms with Gasteiger partial charge in [0.1, 0.15) is 12.4 Å². The molecular formula is C28H32N2O5S2. The molecule has 1 aliphatic rings. The van der Waals surface area contributed by atoms with Gasteiger partial charge in [-0.15, -0.1) is 11.3 Å². The fourth-order valence-corrected chi connectivity index (χ4v) is 6.73. The Morgan fingerprint density at radius 1 is 1.22 bits per heavy atom. The summed E-state index contributed by atoms with van der Waals surface area (Å²) >= 11 is 1.34. The number of carboxylic acids is 1. The third-order valence-electron chi connectivity index (χ3n) is 6.09. The topological polar surface area (TPSA) is 100.0 Å². The number of nitrogens with zero attached hydrogens (tertiary/aromatic N) is 2. The van der Waals surface area contributed by atoms with Gasteiger partial charge in [-0.05, 0) is 93.0 Å². The molecule has 1 aromatic heterocycles. The van der Waals surface area contributed by atoms with Crippen molar-refractivity contribution >= 4 is 40.1 Å². The number of thiazole rings is 1. The third kappa shape index (κ3) is 6.85. The maximum absolute atomic E-state index is 13.7. The number of carboxylic acid groups (broad SMARTS) is 1. The molecular weight excluding hydrogens is 508 g/mol. The molecule has 37 heavy (non-hydrogen) atoms. The van der Waals surface area contributed by atoms with Crippen molar-refractivity contribution in [3.8, 4) is 5.75 Å². The highest BCUT2D eigenvalue weighted by atomic mass is 32.2. The number of fused-ring (bicyclic) bond motifs is 1. The van der Waals surface area contributed by atoms with E-state index in [-0.39, 0.29) is 6.54 Å². The number of carbonyl (C=O) groups is 1. The molecule has 0 amide bonds. The monoisotopic (exact) mass is 540 g/mol. The van der Waals surface area contributed by atoms with Crippen LogP contribution < -0.4 is 9.04 Å².